The van der Waals surface area contributed by atoms with Crippen LogP contribution in [0.4, 0.5) is 4.79 Å². The predicted octanol–water partition coefficient (Wildman–Crippen LogP) is 2.41. The van der Waals surface area contributed by atoms with Gasteiger partial charge >= 0.3 is 6.03 Å². The summed E-state index contributed by atoms with van der Waals surface area (Å²) in [4.78, 5) is 106. The van der Waals surface area contributed by atoms with Crippen LogP contribution in [0, 0.1) is 17.8 Å². The third-order valence-electron chi connectivity index (χ3n) is 12.0. The molecule has 5 atom stereocenters. The van der Waals surface area contributed by atoms with E-state index in [4.69, 9.17) is 11.5 Å². The number of hydrogen-bond acceptors (Lipinski definition) is 9. The molecule has 0 fully saturated rings. The standard InChI is InChI=1S/C51H62N12O7/c1-4-23-61-24-13-12-22-43(46(53)65)57-49(68)36(27-35-16-6-5-7-17-35)29-45(64)63(32-38-31-55-42-21-11-9-19-40(38)42)60-48(67)34(3)56-50(69)44(28-37-30-54-41-20-10-8-18-39(37)41)58-51(70)62(26-15-14-25-61)59-47(66)33(2)52/h4-11,16-21,30-31,33-34,36,43-44,54-55H,1,12-13,22-29,32,52H2,2-3H3,(H2,53,65)(H,56,69)(H,57,68)(H,58,70)(H,59,66)(H,60,67)/t33-,34-,36-,43-,44+/m0/s1. The van der Waals surface area contributed by atoms with Crippen LogP contribution in [-0.4, -0.2) is 117 Å². The summed E-state index contributed by atoms with van der Waals surface area (Å²) in [5, 5.41) is 11.9. The van der Waals surface area contributed by atoms with Gasteiger partial charge in [-0.15, -0.1) is 6.58 Å². The van der Waals surface area contributed by atoms with Gasteiger partial charge in [-0.3, -0.25) is 44.5 Å². The summed E-state index contributed by atoms with van der Waals surface area (Å²) in [7, 11) is 0. The molecule has 6 rings (SSSR count). The lowest BCUT2D eigenvalue weighted by Crippen LogP contribution is -2.60. The van der Waals surface area contributed by atoms with Crippen molar-refractivity contribution in [2.24, 2.45) is 17.4 Å². The molecule has 0 bridgehead atoms. The molecule has 70 heavy (non-hydrogen) atoms. The number of benzene rings is 3. The molecule has 2 aromatic heterocycles. The van der Waals surface area contributed by atoms with Gasteiger partial charge in [-0.2, -0.15) is 0 Å². The number of hydrazine groups is 2. The Labute approximate surface area is 406 Å². The number of H-pyrrole nitrogens is 2. The highest BCUT2D eigenvalue weighted by Crippen LogP contribution is 2.22. The average Bonchev–Trinajstić information content (AvgIpc) is 3.95. The Balaban J connectivity index is 1.35. The number of nitrogens with two attached hydrogens (primary N) is 2. The van der Waals surface area contributed by atoms with E-state index in [1.807, 2.05) is 83.8 Å². The SMILES string of the molecule is C=CCN1CC#CCN(NC(=O)[C@H](C)N)C(=O)N[C@H](Cc2c[nH]c3ccccc23)C(=O)N[C@@H](C)C(=O)NN(Cc2c[nH]c3ccccc23)C(=O)C[C@H](Cc2ccccc2)C(=O)N[C@H](C(N)=O)CCCC1. The highest BCUT2D eigenvalue weighted by atomic mass is 16.2. The maximum Gasteiger partial charge on any atom is 0.337 e. The van der Waals surface area contributed by atoms with E-state index in [0.29, 0.717) is 37.1 Å². The van der Waals surface area contributed by atoms with Gasteiger partial charge in [0.2, 0.25) is 23.6 Å². The van der Waals surface area contributed by atoms with E-state index in [2.05, 4.69) is 55.2 Å². The monoisotopic (exact) mass is 954 g/mol. The molecular weight excluding hydrogens is 893 g/mol. The molecule has 0 saturated carbocycles. The number of carbonyl (C=O) groups excluding carboxylic acids is 7. The first-order valence-corrected chi connectivity index (χ1v) is 23.3. The number of fused-ring (bicyclic) bond motifs is 2. The highest BCUT2D eigenvalue weighted by Gasteiger charge is 2.32. The maximum absolute atomic E-state index is 14.6. The minimum Gasteiger partial charge on any atom is -0.368 e. The molecule has 368 valence electrons. The van der Waals surface area contributed by atoms with Crippen LogP contribution < -0.4 is 38.3 Å². The number of amides is 8. The molecular formula is C51H62N12O7. The van der Waals surface area contributed by atoms with Crippen molar-refractivity contribution in [3.8, 4) is 11.8 Å². The quantitative estimate of drug-likeness (QED) is 0.0694. The summed E-state index contributed by atoms with van der Waals surface area (Å²) >= 11 is 0. The zero-order valence-corrected chi connectivity index (χ0v) is 39.5. The Hall–Kier alpha value is -7.95. The van der Waals surface area contributed by atoms with Crippen molar-refractivity contribution in [1.82, 2.24) is 51.7 Å². The summed E-state index contributed by atoms with van der Waals surface area (Å²) in [5.74, 6) is 0.815. The molecule has 8 amide bonds. The van der Waals surface area contributed by atoms with Crippen LogP contribution in [0.1, 0.15) is 56.2 Å². The second kappa shape index (κ2) is 24.9. The normalized spacial score (nSPS) is 20.4. The minimum absolute atomic E-state index is 0.0418. The van der Waals surface area contributed by atoms with Crippen LogP contribution in [0.15, 0.2) is 104 Å². The molecule has 3 heterocycles. The van der Waals surface area contributed by atoms with Gasteiger partial charge in [-0.1, -0.05) is 84.6 Å². The number of nitrogens with one attached hydrogen (secondary N) is 7. The predicted molar refractivity (Wildman–Crippen MR) is 265 cm³/mol. The van der Waals surface area contributed by atoms with Gasteiger partial charge in [0.15, 0.2) is 0 Å². The van der Waals surface area contributed by atoms with Crippen LogP contribution in [0.5, 0.6) is 0 Å². The van der Waals surface area contributed by atoms with E-state index in [9.17, 15) is 33.6 Å². The van der Waals surface area contributed by atoms with Crippen molar-refractivity contribution in [3.05, 3.63) is 121 Å². The molecule has 0 unspecified atom stereocenters. The van der Waals surface area contributed by atoms with Crippen LogP contribution in [0.2, 0.25) is 0 Å². The molecule has 1 aliphatic heterocycles. The highest BCUT2D eigenvalue weighted by molar-refractivity contribution is 5.95. The van der Waals surface area contributed by atoms with E-state index in [0.717, 1.165) is 37.4 Å². The van der Waals surface area contributed by atoms with E-state index in [1.165, 1.54) is 13.8 Å². The smallest absolute Gasteiger partial charge is 0.337 e. The number of primary amides is 1. The summed E-state index contributed by atoms with van der Waals surface area (Å²) < 4.78 is 0. The Morgan fingerprint density at radius 3 is 2.13 bits per heavy atom. The summed E-state index contributed by atoms with van der Waals surface area (Å²) in [5.41, 5.74) is 20.6. The van der Waals surface area contributed by atoms with Crippen LogP contribution in [0.25, 0.3) is 21.8 Å². The lowest BCUT2D eigenvalue weighted by Gasteiger charge is -2.28. The van der Waals surface area contributed by atoms with E-state index < -0.39 is 71.6 Å². The van der Waals surface area contributed by atoms with Gasteiger partial charge in [-0.25, -0.2) is 14.8 Å². The second-order valence-electron chi connectivity index (χ2n) is 17.4. The summed E-state index contributed by atoms with van der Waals surface area (Å²) in [6, 6.07) is 18.4. The molecule has 19 nitrogen and oxygen atoms in total. The lowest BCUT2D eigenvalue weighted by molar-refractivity contribution is -0.145. The fourth-order valence-corrected chi connectivity index (χ4v) is 8.04. The fraction of sp³-hybridized carbons (Fsp3) is 0.353. The number of aromatic nitrogens is 2. The van der Waals surface area contributed by atoms with Crippen molar-refractivity contribution in [1.29, 1.82) is 0 Å². The number of carbonyl (C=O) groups is 7. The molecule has 0 radical (unpaired) electrons. The number of rotatable bonds is 11. The first kappa shape index (κ1) is 51.4. The van der Waals surface area contributed by atoms with Crippen molar-refractivity contribution in [2.45, 2.75) is 83.1 Å². The summed E-state index contributed by atoms with van der Waals surface area (Å²) in [6.45, 7) is 7.54. The lowest BCUT2D eigenvalue weighted by atomic mass is 9.94. The van der Waals surface area contributed by atoms with Crippen LogP contribution in [0.3, 0.4) is 0 Å². The molecule has 0 spiro atoms. The Kier molecular flexibility index (Phi) is 18.3. The van der Waals surface area contributed by atoms with Gasteiger partial charge < -0.3 is 37.4 Å². The van der Waals surface area contributed by atoms with Gasteiger partial charge in [0, 0.05) is 53.6 Å². The molecule has 11 N–H and O–H groups in total. The van der Waals surface area contributed by atoms with E-state index in [1.54, 1.807) is 18.5 Å². The Morgan fingerprint density at radius 1 is 0.814 bits per heavy atom. The third-order valence-corrected chi connectivity index (χ3v) is 12.0. The molecule has 5 aromatic rings. The molecule has 3 aromatic carbocycles. The number of nitrogens with zero attached hydrogens (tertiary/aromatic N) is 3. The number of para-hydroxylation sites is 2. The van der Waals surface area contributed by atoms with E-state index >= 15 is 0 Å². The first-order chi connectivity index (χ1) is 33.7. The molecule has 0 saturated heterocycles. The van der Waals surface area contributed by atoms with Gasteiger partial charge in [0.05, 0.1) is 25.0 Å². The molecule has 0 aliphatic carbocycles. The Bertz CT molecular complexity index is 2720. The van der Waals surface area contributed by atoms with Gasteiger partial charge in [-0.05, 0) is 74.9 Å². The van der Waals surface area contributed by atoms with Crippen molar-refractivity contribution in [2.75, 3.05) is 26.2 Å². The average molecular weight is 955 g/mol. The number of urea groups is 1. The maximum atomic E-state index is 14.6. The fourth-order valence-electron chi connectivity index (χ4n) is 8.04. The zero-order valence-electron chi connectivity index (χ0n) is 39.5. The summed E-state index contributed by atoms with van der Waals surface area (Å²) in [6.07, 6.45) is 6.14. The third kappa shape index (κ3) is 14.3. The molecule has 1 aliphatic rings. The minimum atomic E-state index is -1.31. The van der Waals surface area contributed by atoms with Gasteiger partial charge in [0.1, 0.15) is 24.7 Å². The van der Waals surface area contributed by atoms with Crippen LogP contribution in [-0.2, 0) is 48.2 Å². The van der Waals surface area contributed by atoms with Crippen molar-refractivity contribution < 1.29 is 33.6 Å². The molecule has 19 heteroatoms. The number of aromatic amines is 2. The topological polar surface area (TPSA) is 273 Å². The first-order valence-electron chi connectivity index (χ1n) is 23.3. The number of hydrogen-bond donors (Lipinski definition) is 9. The van der Waals surface area contributed by atoms with Crippen molar-refractivity contribution in [3.63, 3.8) is 0 Å². The van der Waals surface area contributed by atoms with Gasteiger partial charge in [0.25, 0.3) is 11.8 Å². The zero-order chi connectivity index (χ0) is 50.2. The Morgan fingerprint density at radius 2 is 1.46 bits per heavy atom. The van der Waals surface area contributed by atoms with Crippen LogP contribution >= 0.6 is 0 Å². The second-order valence-corrected chi connectivity index (χ2v) is 17.4. The largest absolute Gasteiger partial charge is 0.368 e. The van der Waals surface area contributed by atoms with Crippen molar-refractivity contribution >= 4 is 63.3 Å². The van der Waals surface area contributed by atoms with E-state index in [-0.39, 0.29) is 45.3 Å².